The zero-order chi connectivity index (χ0) is 19.4. The van der Waals surface area contributed by atoms with Gasteiger partial charge in [-0.15, -0.1) is 0 Å². The van der Waals surface area contributed by atoms with Crippen molar-refractivity contribution in [3.63, 3.8) is 0 Å². The van der Waals surface area contributed by atoms with Crippen LogP contribution < -0.4 is 4.74 Å². The number of carboxylic acids is 1. The number of hydrogen-bond acceptors (Lipinski definition) is 4. The van der Waals surface area contributed by atoms with Gasteiger partial charge in [0.2, 0.25) is 0 Å². The molecule has 3 rings (SSSR count). The Bertz CT molecular complexity index is 965. The average Bonchev–Trinajstić information content (AvgIpc) is 2.97. The summed E-state index contributed by atoms with van der Waals surface area (Å²) in [4.78, 5) is 15.5. The SMILES string of the molecule is COc1ccc2c(c1)nc(SCCCC(=O)O)n2Cc1ccc(C)cc1C. The van der Waals surface area contributed by atoms with Crippen molar-refractivity contribution in [1.82, 2.24) is 9.55 Å². The lowest BCUT2D eigenvalue weighted by molar-refractivity contribution is -0.137. The fourth-order valence-electron chi connectivity index (χ4n) is 3.06. The molecule has 27 heavy (non-hydrogen) atoms. The molecular weight excluding hydrogens is 360 g/mol. The predicted molar refractivity (Wildman–Crippen MR) is 109 cm³/mol. The van der Waals surface area contributed by atoms with E-state index in [1.165, 1.54) is 16.7 Å². The van der Waals surface area contributed by atoms with Gasteiger partial charge in [-0.1, -0.05) is 35.5 Å². The molecular formula is C21H24N2O3S. The van der Waals surface area contributed by atoms with Crippen LogP contribution in [0.4, 0.5) is 0 Å². The lowest BCUT2D eigenvalue weighted by atomic mass is 10.1. The zero-order valence-corrected chi connectivity index (χ0v) is 16.7. The highest BCUT2D eigenvalue weighted by atomic mass is 32.2. The van der Waals surface area contributed by atoms with Crippen LogP contribution in [-0.2, 0) is 11.3 Å². The van der Waals surface area contributed by atoms with Gasteiger partial charge in [0.25, 0.3) is 0 Å². The van der Waals surface area contributed by atoms with Gasteiger partial charge >= 0.3 is 5.97 Å². The number of ether oxygens (including phenoxy) is 1. The highest BCUT2D eigenvalue weighted by Gasteiger charge is 2.14. The summed E-state index contributed by atoms with van der Waals surface area (Å²) < 4.78 is 7.53. The van der Waals surface area contributed by atoms with Crippen LogP contribution in [0, 0.1) is 13.8 Å². The van der Waals surface area contributed by atoms with Crippen molar-refractivity contribution in [2.24, 2.45) is 0 Å². The number of carboxylic acid groups (broad SMARTS) is 1. The number of thioether (sulfide) groups is 1. The first-order valence-electron chi connectivity index (χ1n) is 8.93. The Morgan fingerprint density at radius 3 is 2.74 bits per heavy atom. The molecule has 0 spiro atoms. The molecule has 0 radical (unpaired) electrons. The summed E-state index contributed by atoms with van der Waals surface area (Å²) in [5.41, 5.74) is 5.70. The molecule has 0 aliphatic heterocycles. The molecule has 0 unspecified atom stereocenters. The maximum Gasteiger partial charge on any atom is 0.303 e. The number of aryl methyl sites for hydroxylation is 2. The molecule has 3 aromatic rings. The van der Waals surface area contributed by atoms with E-state index in [1.807, 2.05) is 18.2 Å². The van der Waals surface area contributed by atoms with Crippen LogP contribution in [0.1, 0.15) is 29.5 Å². The number of carbonyl (C=O) groups is 1. The Morgan fingerprint density at radius 2 is 2.04 bits per heavy atom. The summed E-state index contributed by atoms with van der Waals surface area (Å²) in [6.45, 7) is 4.96. The van der Waals surface area contributed by atoms with Gasteiger partial charge in [-0.3, -0.25) is 4.79 Å². The third-order valence-electron chi connectivity index (χ3n) is 4.51. The Balaban J connectivity index is 1.93. The minimum absolute atomic E-state index is 0.179. The standard InChI is InChI=1S/C21H24N2O3S/c1-14-6-7-16(15(2)11-14)13-23-19-9-8-17(26-3)12-18(19)22-21(23)27-10-4-5-20(24)25/h6-9,11-12H,4-5,10,13H2,1-3H3,(H,24,25). The van der Waals surface area contributed by atoms with Gasteiger partial charge in [0.15, 0.2) is 5.16 Å². The van der Waals surface area contributed by atoms with Gasteiger partial charge in [-0.25, -0.2) is 4.98 Å². The molecule has 2 aromatic carbocycles. The first-order chi connectivity index (χ1) is 13.0. The molecule has 1 heterocycles. The Morgan fingerprint density at radius 1 is 1.22 bits per heavy atom. The average molecular weight is 385 g/mol. The van der Waals surface area contributed by atoms with Crippen LogP contribution in [0.25, 0.3) is 11.0 Å². The third-order valence-corrected chi connectivity index (χ3v) is 5.58. The van der Waals surface area contributed by atoms with Crippen LogP contribution in [0.15, 0.2) is 41.6 Å². The minimum Gasteiger partial charge on any atom is -0.497 e. The van der Waals surface area contributed by atoms with E-state index in [1.54, 1.807) is 18.9 Å². The number of nitrogens with zero attached hydrogens (tertiary/aromatic N) is 2. The topological polar surface area (TPSA) is 64.3 Å². The summed E-state index contributed by atoms with van der Waals surface area (Å²) in [5, 5.41) is 9.75. The van der Waals surface area contributed by atoms with Crippen molar-refractivity contribution < 1.29 is 14.6 Å². The second-order valence-corrected chi connectivity index (χ2v) is 7.67. The zero-order valence-electron chi connectivity index (χ0n) is 15.9. The van der Waals surface area contributed by atoms with Gasteiger partial charge in [-0.2, -0.15) is 0 Å². The van der Waals surface area contributed by atoms with E-state index < -0.39 is 5.97 Å². The number of benzene rings is 2. The van der Waals surface area contributed by atoms with Crippen molar-refractivity contribution in [2.45, 2.75) is 38.4 Å². The number of rotatable bonds is 8. The van der Waals surface area contributed by atoms with Crippen LogP contribution in [-0.4, -0.2) is 33.5 Å². The van der Waals surface area contributed by atoms with Gasteiger partial charge in [0.05, 0.1) is 24.7 Å². The van der Waals surface area contributed by atoms with Crippen LogP contribution >= 0.6 is 11.8 Å². The van der Waals surface area contributed by atoms with E-state index in [4.69, 9.17) is 14.8 Å². The summed E-state index contributed by atoms with van der Waals surface area (Å²) >= 11 is 1.60. The summed E-state index contributed by atoms with van der Waals surface area (Å²) in [6.07, 6.45) is 0.800. The van der Waals surface area contributed by atoms with Crippen molar-refractivity contribution in [3.05, 3.63) is 53.1 Å². The van der Waals surface area contributed by atoms with Crippen LogP contribution in [0.3, 0.4) is 0 Å². The first kappa shape index (κ1) is 19.3. The first-order valence-corrected chi connectivity index (χ1v) is 9.91. The highest BCUT2D eigenvalue weighted by molar-refractivity contribution is 7.99. The quantitative estimate of drug-likeness (QED) is 0.452. The molecule has 0 aliphatic rings. The fourth-order valence-corrected chi connectivity index (χ4v) is 4.01. The number of hydrogen-bond donors (Lipinski definition) is 1. The van der Waals surface area contributed by atoms with E-state index in [0.717, 1.165) is 34.2 Å². The smallest absolute Gasteiger partial charge is 0.303 e. The number of methoxy groups -OCH3 is 1. The van der Waals surface area contributed by atoms with Crippen molar-refractivity contribution in [3.8, 4) is 5.75 Å². The molecule has 0 aliphatic carbocycles. The maximum absolute atomic E-state index is 10.8. The van der Waals surface area contributed by atoms with E-state index in [9.17, 15) is 4.79 Å². The lowest BCUT2D eigenvalue weighted by Gasteiger charge is -2.12. The fraction of sp³-hybridized carbons (Fsp3) is 0.333. The lowest BCUT2D eigenvalue weighted by Crippen LogP contribution is -2.04. The molecule has 5 nitrogen and oxygen atoms in total. The summed E-state index contributed by atoms with van der Waals surface area (Å²) in [7, 11) is 1.65. The second kappa shape index (κ2) is 8.48. The number of aliphatic carboxylic acids is 1. The Hall–Kier alpha value is -2.47. The van der Waals surface area contributed by atoms with Crippen LogP contribution in [0.5, 0.6) is 5.75 Å². The molecule has 142 valence electrons. The largest absolute Gasteiger partial charge is 0.497 e. The Labute approximate surface area is 163 Å². The van der Waals surface area contributed by atoms with E-state index in [-0.39, 0.29) is 6.42 Å². The molecule has 0 atom stereocenters. The predicted octanol–water partition coefficient (Wildman–Crippen LogP) is 4.67. The molecule has 0 bridgehead atoms. The molecule has 0 saturated heterocycles. The van der Waals surface area contributed by atoms with Crippen molar-refractivity contribution in [2.75, 3.05) is 12.9 Å². The molecule has 0 fully saturated rings. The van der Waals surface area contributed by atoms with E-state index in [0.29, 0.717) is 6.42 Å². The van der Waals surface area contributed by atoms with Crippen molar-refractivity contribution in [1.29, 1.82) is 0 Å². The molecule has 0 saturated carbocycles. The molecule has 0 amide bonds. The van der Waals surface area contributed by atoms with Crippen molar-refractivity contribution >= 4 is 28.8 Å². The monoisotopic (exact) mass is 384 g/mol. The Kier molecular flexibility index (Phi) is 6.06. The van der Waals surface area contributed by atoms with Gasteiger partial charge < -0.3 is 14.4 Å². The number of imidazole rings is 1. The van der Waals surface area contributed by atoms with Gasteiger partial charge in [0.1, 0.15) is 5.75 Å². The summed E-state index contributed by atoms with van der Waals surface area (Å²) in [6, 6.07) is 12.4. The summed E-state index contributed by atoms with van der Waals surface area (Å²) in [5.74, 6) is 0.741. The number of fused-ring (bicyclic) bond motifs is 1. The second-order valence-electron chi connectivity index (χ2n) is 6.61. The van der Waals surface area contributed by atoms with Crippen LogP contribution in [0.2, 0.25) is 0 Å². The maximum atomic E-state index is 10.8. The minimum atomic E-state index is -0.760. The molecule has 1 aromatic heterocycles. The number of aromatic nitrogens is 2. The molecule has 1 N–H and O–H groups in total. The van der Waals surface area contributed by atoms with E-state index in [2.05, 4.69) is 36.6 Å². The van der Waals surface area contributed by atoms with Gasteiger partial charge in [0, 0.05) is 18.2 Å². The molecule has 6 heteroatoms. The van der Waals surface area contributed by atoms with E-state index >= 15 is 0 Å². The van der Waals surface area contributed by atoms with Gasteiger partial charge in [-0.05, 0) is 43.5 Å². The highest BCUT2D eigenvalue weighted by Crippen LogP contribution is 2.29. The third kappa shape index (κ3) is 4.63. The normalized spacial score (nSPS) is 11.1.